The molecule has 2 unspecified atom stereocenters. The summed E-state index contributed by atoms with van der Waals surface area (Å²) in [6.45, 7) is 3.90. The van der Waals surface area contributed by atoms with E-state index in [4.69, 9.17) is 0 Å². The lowest BCUT2D eigenvalue weighted by molar-refractivity contribution is -0.124. The summed E-state index contributed by atoms with van der Waals surface area (Å²) in [6.07, 6.45) is 6.56. The van der Waals surface area contributed by atoms with E-state index in [1.165, 1.54) is 24.0 Å². The van der Waals surface area contributed by atoms with Crippen LogP contribution < -0.4 is 10.2 Å². The summed E-state index contributed by atoms with van der Waals surface area (Å²) in [5.41, 5.74) is 2.28. The molecule has 148 valence electrons. The summed E-state index contributed by atoms with van der Waals surface area (Å²) >= 11 is 0. The van der Waals surface area contributed by atoms with E-state index < -0.39 is 0 Å². The number of carbonyl (C=O) groups is 1. The van der Waals surface area contributed by atoms with Crippen molar-refractivity contribution in [3.63, 3.8) is 0 Å². The zero-order valence-corrected chi connectivity index (χ0v) is 16.4. The van der Waals surface area contributed by atoms with E-state index in [1.807, 2.05) is 0 Å². The molecule has 2 heterocycles. The largest absolute Gasteiger partial charge is 0.351 e. The van der Waals surface area contributed by atoms with Gasteiger partial charge in [0, 0.05) is 19.1 Å². The highest BCUT2D eigenvalue weighted by molar-refractivity contribution is 5.91. The first-order chi connectivity index (χ1) is 13.6. The number of aromatic amines is 1. The third-order valence-corrected chi connectivity index (χ3v) is 6.69. The number of nitrogens with one attached hydrogen (secondary N) is 2. The Morgan fingerprint density at radius 2 is 2.00 bits per heavy atom. The second-order valence-corrected chi connectivity index (χ2v) is 8.95. The van der Waals surface area contributed by atoms with Crippen molar-refractivity contribution in [3.05, 3.63) is 35.4 Å². The molecule has 2 saturated carbocycles. The Hall–Kier alpha value is -2.44. The van der Waals surface area contributed by atoms with Gasteiger partial charge in [-0.2, -0.15) is 0 Å². The van der Waals surface area contributed by atoms with Crippen LogP contribution in [-0.2, 0) is 10.2 Å². The average molecular weight is 380 g/mol. The molecule has 2 aromatic rings. The number of amides is 1. The molecule has 2 aliphatic carbocycles. The molecule has 5 rings (SSSR count). The maximum Gasteiger partial charge on any atom is 0.242 e. The summed E-state index contributed by atoms with van der Waals surface area (Å²) < 4.78 is 0. The SMILES string of the molecule is CC1CCN(c2nnn[nH]2)CC(NC(=O)C2(c3ccc(C4CC4)cc3)CC2)C1. The predicted molar refractivity (Wildman–Crippen MR) is 106 cm³/mol. The number of benzene rings is 1. The highest BCUT2D eigenvalue weighted by Gasteiger charge is 2.51. The van der Waals surface area contributed by atoms with Crippen LogP contribution in [0, 0.1) is 5.92 Å². The average Bonchev–Trinajstić information content (AvgIpc) is 3.62. The molecular weight excluding hydrogens is 352 g/mol. The van der Waals surface area contributed by atoms with Crippen molar-refractivity contribution in [1.29, 1.82) is 0 Å². The molecule has 3 aliphatic rings. The highest BCUT2D eigenvalue weighted by atomic mass is 16.2. The van der Waals surface area contributed by atoms with Gasteiger partial charge in [0.1, 0.15) is 0 Å². The maximum atomic E-state index is 13.3. The van der Waals surface area contributed by atoms with Crippen molar-refractivity contribution >= 4 is 11.9 Å². The van der Waals surface area contributed by atoms with Crippen molar-refractivity contribution < 1.29 is 4.79 Å². The van der Waals surface area contributed by atoms with Crippen LogP contribution >= 0.6 is 0 Å². The molecule has 1 aromatic carbocycles. The van der Waals surface area contributed by atoms with E-state index in [2.05, 4.69) is 62.0 Å². The summed E-state index contributed by atoms with van der Waals surface area (Å²) in [5, 5.41) is 17.7. The van der Waals surface area contributed by atoms with Gasteiger partial charge in [0.2, 0.25) is 11.9 Å². The number of nitrogens with zero attached hydrogens (tertiary/aromatic N) is 4. The Labute approximate surface area is 165 Å². The molecule has 1 amide bonds. The van der Waals surface area contributed by atoms with Gasteiger partial charge in [0.15, 0.2) is 0 Å². The van der Waals surface area contributed by atoms with Gasteiger partial charge in [-0.05, 0) is 71.9 Å². The maximum absolute atomic E-state index is 13.3. The first kappa shape index (κ1) is 17.6. The number of hydrogen-bond acceptors (Lipinski definition) is 5. The Morgan fingerprint density at radius 3 is 2.64 bits per heavy atom. The second-order valence-electron chi connectivity index (χ2n) is 8.95. The Kier molecular flexibility index (Phi) is 4.33. The number of rotatable bonds is 5. The number of hydrogen-bond donors (Lipinski definition) is 2. The van der Waals surface area contributed by atoms with Crippen LogP contribution in [-0.4, -0.2) is 45.7 Å². The van der Waals surface area contributed by atoms with E-state index in [0.29, 0.717) is 11.9 Å². The number of carbonyl (C=O) groups excluding carboxylic acids is 1. The van der Waals surface area contributed by atoms with Crippen molar-refractivity contribution in [2.45, 2.75) is 62.8 Å². The lowest BCUT2D eigenvalue weighted by Gasteiger charge is -2.26. The van der Waals surface area contributed by atoms with E-state index >= 15 is 0 Å². The summed E-state index contributed by atoms with van der Waals surface area (Å²) in [5.74, 6) is 2.17. The lowest BCUT2D eigenvalue weighted by atomic mass is 9.92. The quantitative estimate of drug-likeness (QED) is 0.832. The van der Waals surface area contributed by atoms with Crippen LogP contribution in [0.5, 0.6) is 0 Å². The van der Waals surface area contributed by atoms with Crippen LogP contribution in [0.1, 0.15) is 62.5 Å². The molecule has 3 fully saturated rings. The van der Waals surface area contributed by atoms with Crippen molar-refractivity contribution in [1.82, 2.24) is 25.9 Å². The van der Waals surface area contributed by atoms with Crippen molar-refractivity contribution in [2.75, 3.05) is 18.0 Å². The van der Waals surface area contributed by atoms with Gasteiger partial charge >= 0.3 is 0 Å². The molecule has 7 nitrogen and oxygen atoms in total. The summed E-state index contributed by atoms with van der Waals surface area (Å²) in [7, 11) is 0. The van der Waals surface area contributed by atoms with E-state index in [0.717, 1.165) is 44.7 Å². The molecule has 0 radical (unpaired) electrons. The number of tetrazole rings is 1. The Bertz CT molecular complexity index is 825. The van der Waals surface area contributed by atoms with Gasteiger partial charge in [-0.1, -0.05) is 36.3 Å². The van der Waals surface area contributed by atoms with Crippen LogP contribution in [0.4, 0.5) is 5.95 Å². The fraction of sp³-hybridized carbons (Fsp3) is 0.619. The fourth-order valence-corrected chi connectivity index (χ4v) is 4.58. The van der Waals surface area contributed by atoms with Crippen molar-refractivity contribution in [2.24, 2.45) is 5.92 Å². The van der Waals surface area contributed by atoms with E-state index in [-0.39, 0.29) is 17.4 Å². The Balaban J connectivity index is 1.29. The molecule has 1 aromatic heterocycles. The summed E-state index contributed by atoms with van der Waals surface area (Å²) in [4.78, 5) is 15.4. The molecule has 0 spiro atoms. The van der Waals surface area contributed by atoms with E-state index in [1.54, 1.807) is 0 Å². The van der Waals surface area contributed by atoms with Gasteiger partial charge < -0.3 is 10.2 Å². The van der Waals surface area contributed by atoms with Gasteiger partial charge in [-0.3, -0.25) is 4.79 Å². The molecule has 2 atom stereocenters. The third-order valence-electron chi connectivity index (χ3n) is 6.69. The standard InChI is InChI=1S/C21H28N6O/c1-14-8-11-27(20-23-25-26-24-20)13-18(12-14)22-19(28)21(9-10-21)17-6-4-16(5-7-17)15-2-3-15/h4-7,14-15,18H,2-3,8-13H2,1H3,(H,22,28)(H,23,24,25,26). The lowest BCUT2D eigenvalue weighted by Crippen LogP contribution is -2.47. The minimum atomic E-state index is -0.323. The van der Waals surface area contributed by atoms with Gasteiger partial charge in [-0.25, -0.2) is 5.10 Å². The minimum Gasteiger partial charge on any atom is -0.351 e. The zero-order chi connectivity index (χ0) is 19.1. The second kappa shape index (κ2) is 6.87. The molecule has 1 aliphatic heterocycles. The van der Waals surface area contributed by atoms with Gasteiger partial charge in [0.05, 0.1) is 5.41 Å². The molecular formula is C21H28N6O. The third kappa shape index (κ3) is 3.38. The molecule has 1 saturated heterocycles. The predicted octanol–water partition coefficient (Wildman–Crippen LogP) is 2.53. The molecule has 7 heteroatoms. The summed E-state index contributed by atoms with van der Waals surface area (Å²) in [6, 6.07) is 8.93. The van der Waals surface area contributed by atoms with Crippen molar-refractivity contribution in [3.8, 4) is 0 Å². The number of H-pyrrole nitrogens is 1. The normalized spacial score (nSPS) is 26.5. The number of aromatic nitrogens is 4. The Morgan fingerprint density at radius 1 is 1.21 bits per heavy atom. The first-order valence-electron chi connectivity index (χ1n) is 10.5. The topological polar surface area (TPSA) is 86.8 Å². The zero-order valence-electron chi connectivity index (χ0n) is 16.4. The molecule has 0 bridgehead atoms. The van der Waals surface area contributed by atoms with Gasteiger partial charge in [-0.15, -0.1) is 0 Å². The number of anilines is 1. The minimum absolute atomic E-state index is 0.110. The van der Waals surface area contributed by atoms with Crippen LogP contribution in [0.2, 0.25) is 0 Å². The van der Waals surface area contributed by atoms with Crippen LogP contribution in [0.15, 0.2) is 24.3 Å². The van der Waals surface area contributed by atoms with Crippen LogP contribution in [0.3, 0.4) is 0 Å². The molecule has 28 heavy (non-hydrogen) atoms. The van der Waals surface area contributed by atoms with Gasteiger partial charge in [0.25, 0.3) is 0 Å². The fourth-order valence-electron chi connectivity index (χ4n) is 4.58. The smallest absolute Gasteiger partial charge is 0.242 e. The van der Waals surface area contributed by atoms with E-state index in [9.17, 15) is 4.79 Å². The molecule has 2 N–H and O–H groups in total. The monoisotopic (exact) mass is 380 g/mol. The van der Waals surface area contributed by atoms with Crippen LogP contribution in [0.25, 0.3) is 0 Å². The first-order valence-corrected chi connectivity index (χ1v) is 10.5. The highest BCUT2D eigenvalue weighted by Crippen LogP contribution is 2.49.